The molecule has 0 amide bonds. The van der Waals surface area contributed by atoms with Crippen molar-refractivity contribution in [3.8, 4) is 5.88 Å². The number of hydrogen-bond donors (Lipinski definition) is 0. The molecule has 0 aliphatic carbocycles. The summed E-state index contributed by atoms with van der Waals surface area (Å²) in [5.41, 5.74) is -0.0946. The summed E-state index contributed by atoms with van der Waals surface area (Å²) in [6.45, 7) is 5.54. The molecule has 0 atom stereocenters. The van der Waals surface area contributed by atoms with Crippen LogP contribution in [0.15, 0.2) is 24.4 Å². The van der Waals surface area contributed by atoms with Crippen LogP contribution in [-0.4, -0.2) is 64.4 Å². The van der Waals surface area contributed by atoms with Crippen LogP contribution >= 0.6 is 0 Å². The van der Waals surface area contributed by atoms with Crippen molar-refractivity contribution >= 4 is 5.95 Å². The summed E-state index contributed by atoms with van der Waals surface area (Å²) in [7, 11) is 0. The molecule has 1 saturated heterocycles. The van der Waals surface area contributed by atoms with Gasteiger partial charge in [0.05, 0.1) is 5.69 Å². The van der Waals surface area contributed by atoms with E-state index in [0.29, 0.717) is 45.2 Å². The fourth-order valence-corrected chi connectivity index (χ4v) is 2.57. The van der Waals surface area contributed by atoms with Gasteiger partial charge < -0.3 is 9.64 Å². The van der Waals surface area contributed by atoms with Gasteiger partial charge in [0.25, 0.3) is 0 Å². The fourth-order valence-electron chi connectivity index (χ4n) is 2.57. The number of piperazine rings is 1. The van der Waals surface area contributed by atoms with Crippen LogP contribution in [0.25, 0.3) is 0 Å². The Bertz CT molecular complexity index is 717. The number of anilines is 1. The third kappa shape index (κ3) is 4.78. The molecule has 0 N–H and O–H groups in total. The van der Waals surface area contributed by atoms with Gasteiger partial charge in [-0.05, 0) is 19.1 Å². The number of ether oxygens (including phenoxy) is 1. The number of alkyl halides is 3. The van der Waals surface area contributed by atoms with Crippen LogP contribution in [0.5, 0.6) is 5.88 Å². The highest BCUT2D eigenvalue weighted by molar-refractivity contribution is 5.31. The number of rotatable bonds is 5. The van der Waals surface area contributed by atoms with Crippen molar-refractivity contribution < 1.29 is 17.9 Å². The van der Waals surface area contributed by atoms with Gasteiger partial charge in [0.1, 0.15) is 12.3 Å². The van der Waals surface area contributed by atoms with E-state index in [0.717, 1.165) is 18.0 Å². The second-order valence-electron chi connectivity index (χ2n) is 5.93. The molecule has 0 unspecified atom stereocenters. The molecule has 140 valence electrons. The van der Waals surface area contributed by atoms with Gasteiger partial charge in [-0.1, -0.05) is 0 Å². The average molecular weight is 368 g/mol. The number of nitrogens with zero attached hydrogens (tertiary/aromatic N) is 6. The standard InChI is InChI=1S/C16H19F3N6O/c1-12-2-3-14(23-22-12)26-11-10-24-6-8-25(9-7-24)15-20-5-4-13(21-15)16(17,18)19/h2-5H,6-11H2,1H3. The SMILES string of the molecule is Cc1ccc(OCCN2CCN(c3nccc(C(F)(F)F)n3)CC2)nn1. The monoisotopic (exact) mass is 368 g/mol. The molecule has 0 radical (unpaired) electrons. The molecule has 2 aromatic heterocycles. The highest BCUT2D eigenvalue weighted by Crippen LogP contribution is 2.28. The zero-order valence-electron chi connectivity index (χ0n) is 14.3. The maximum Gasteiger partial charge on any atom is 0.433 e. The Morgan fingerprint density at radius 3 is 2.50 bits per heavy atom. The first-order valence-electron chi connectivity index (χ1n) is 8.22. The van der Waals surface area contributed by atoms with Crippen molar-refractivity contribution in [1.29, 1.82) is 0 Å². The lowest BCUT2D eigenvalue weighted by molar-refractivity contribution is -0.141. The number of halogens is 3. The van der Waals surface area contributed by atoms with Crippen molar-refractivity contribution in [2.24, 2.45) is 0 Å². The number of hydrogen-bond acceptors (Lipinski definition) is 7. The summed E-state index contributed by atoms with van der Waals surface area (Å²) in [5.74, 6) is 0.595. The Morgan fingerprint density at radius 1 is 1.08 bits per heavy atom. The van der Waals surface area contributed by atoms with E-state index in [1.165, 1.54) is 0 Å². The van der Waals surface area contributed by atoms with Crippen LogP contribution in [0.3, 0.4) is 0 Å². The topological polar surface area (TPSA) is 67.3 Å². The lowest BCUT2D eigenvalue weighted by atomic mass is 10.3. The zero-order valence-corrected chi connectivity index (χ0v) is 14.3. The molecule has 10 heteroatoms. The van der Waals surface area contributed by atoms with Crippen LogP contribution in [0.4, 0.5) is 19.1 Å². The molecule has 0 aromatic carbocycles. The van der Waals surface area contributed by atoms with Crippen LogP contribution in [0, 0.1) is 6.92 Å². The van der Waals surface area contributed by atoms with E-state index in [9.17, 15) is 13.2 Å². The minimum absolute atomic E-state index is 0.116. The van der Waals surface area contributed by atoms with Crippen molar-refractivity contribution in [2.75, 3.05) is 44.2 Å². The van der Waals surface area contributed by atoms with Crippen LogP contribution in [-0.2, 0) is 6.18 Å². The zero-order chi connectivity index (χ0) is 18.6. The largest absolute Gasteiger partial charge is 0.475 e. The molecule has 26 heavy (non-hydrogen) atoms. The molecular weight excluding hydrogens is 349 g/mol. The van der Waals surface area contributed by atoms with Gasteiger partial charge in [0.2, 0.25) is 11.8 Å². The van der Waals surface area contributed by atoms with E-state index in [1.54, 1.807) is 11.0 Å². The molecular formula is C16H19F3N6O. The van der Waals surface area contributed by atoms with Crippen LogP contribution < -0.4 is 9.64 Å². The van der Waals surface area contributed by atoms with E-state index >= 15 is 0 Å². The number of aryl methyl sites for hydroxylation is 1. The van der Waals surface area contributed by atoms with E-state index in [2.05, 4.69) is 25.1 Å². The van der Waals surface area contributed by atoms with E-state index in [4.69, 9.17) is 4.74 Å². The van der Waals surface area contributed by atoms with Gasteiger partial charge >= 0.3 is 6.18 Å². The quantitative estimate of drug-likeness (QED) is 0.797. The van der Waals surface area contributed by atoms with Gasteiger partial charge in [-0.3, -0.25) is 4.90 Å². The maximum atomic E-state index is 12.8. The first-order valence-corrected chi connectivity index (χ1v) is 8.22. The second-order valence-corrected chi connectivity index (χ2v) is 5.93. The predicted molar refractivity (Wildman–Crippen MR) is 88.0 cm³/mol. The fraction of sp³-hybridized carbons (Fsp3) is 0.500. The minimum Gasteiger partial charge on any atom is -0.475 e. The summed E-state index contributed by atoms with van der Waals surface area (Å²) >= 11 is 0. The Morgan fingerprint density at radius 2 is 1.85 bits per heavy atom. The molecule has 0 spiro atoms. The molecule has 1 fully saturated rings. The summed E-state index contributed by atoms with van der Waals surface area (Å²) in [4.78, 5) is 11.5. The van der Waals surface area contributed by atoms with Crippen molar-refractivity contribution in [3.05, 3.63) is 35.8 Å². The van der Waals surface area contributed by atoms with E-state index in [1.807, 2.05) is 13.0 Å². The Hall–Kier alpha value is -2.49. The number of aromatic nitrogens is 4. The molecule has 1 aliphatic rings. The Balaban J connectivity index is 1.46. The first kappa shape index (κ1) is 18.3. The average Bonchev–Trinajstić information content (AvgIpc) is 2.63. The molecule has 0 bridgehead atoms. The highest BCUT2D eigenvalue weighted by atomic mass is 19.4. The van der Waals surface area contributed by atoms with Crippen molar-refractivity contribution in [3.63, 3.8) is 0 Å². The lowest BCUT2D eigenvalue weighted by Crippen LogP contribution is -2.48. The minimum atomic E-state index is -4.46. The summed E-state index contributed by atoms with van der Waals surface area (Å²) < 4.78 is 43.8. The van der Waals surface area contributed by atoms with E-state index < -0.39 is 11.9 Å². The molecule has 3 rings (SSSR count). The Kier molecular flexibility index (Phi) is 5.50. The van der Waals surface area contributed by atoms with Crippen molar-refractivity contribution in [1.82, 2.24) is 25.1 Å². The smallest absolute Gasteiger partial charge is 0.433 e. The molecule has 1 aliphatic heterocycles. The predicted octanol–water partition coefficient (Wildman–Crippen LogP) is 1.79. The second kappa shape index (κ2) is 7.81. The lowest BCUT2D eigenvalue weighted by Gasteiger charge is -2.34. The summed E-state index contributed by atoms with van der Waals surface area (Å²) in [6, 6.07) is 4.48. The van der Waals surface area contributed by atoms with Crippen LogP contribution in [0.2, 0.25) is 0 Å². The van der Waals surface area contributed by atoms with Crippen LogP contribution in [0.1, 0.15) is 11.4 Å². The van der Waals surface area contributed by atoms with Gasteiger partial charge in [0.15, 0.2) is 0 Å². The molecule has 2 aromatic rings. The first-order chi connectivity index (χ1) is 12.4. The van der Waals surface area contributed by atoms with Gasteiger partial charge in [-0.15, -0.1) is 5.10 Å². The van der Waals surface area contributed by atoms with Gasteiger partial charge in [0, 0.05) is 45.0 Å². The van der Waals surface area contributed by atoms with Gasteiger partial charge in [-0.2, -0.15) is 18.3 Å². The normalized spacial score (nSPS) is 15.9. The Labute approximate surface area is 148 Å². The van der Waals surface area contributed by atoms with Crippen molar-refractivity contribution in [2.45, 2.75) is 13.1 Å². The van der Waals surface area contributed by atoms with E-state index in [-0.39, 0.29) is 5.95 Å². The summed E-state index contributed by atoms with van der Waals surface area (Å²) in [5, 5.41) is 7.86. The maximum absolute atomic E-state index is 12.8. The molecule has 7 nitrogen and oxygen atoms in total. The molecule has 0 saturated carbocycles. The third-order valence-corrected chi connectivity index (χ3v) is 4.02. The summed E-state index contributed by atoms with van der Waals surface area (Å²) in [6.07, 6.45) is -3.32. The highest BCUT2D eigenvalue weighted by Gasteiger charge is 2.33. The third-order valence-electron chi connectivity index (χ3n) is 4.02. The van der Waals surface area contributed by atoms with Gasteiger partial charge in [-0.25, -0.2) is 9.97 Å². The molecule has 3 heterocycles.